The third-order valence-electron chi connectivity index (χ3n) is 6.72. The first kappa shape index (κ1) is 26.2. The monoisotopic (exact) mass is 464 g/mol. The van der Waals surface area contributed by atoms with Crippen molar-refractivity contribution in [2.45, 2.75) is 120 Å². The first-order valence-electron chi connectivity index (χ1n) is 11.4. The first-order chi connectivity index (χ1) is 15.2. The van der Waals surface area contributed by atoms with Crippen LogP contribution in [0.15, 0.2) is 0 Å². The Kier molecular flexibility index (Phi) is 9.30. The molecule has 0 aliphatic carbocycles. The Morgan fingerprint density at radius 3 is 1.84 bits per heavy atom. The molecule has 3 fully saturated rings. The molecule has 0 saturated carbocycles. The highest BCUT2D eigenvalue weighted by molar-refractivity contribution is 4.92. The third kappa shape index (κ3) is 5.63. The van der Waals surface area contributed by atoms with E-state index in [1.54, 1.807) is 21.1 Å². The van der Waals surface area contributed by atoms with Crippen molar-refractivity contribution < 1.29 is 48.1 Å². The molecule has 0 aromatic carbocycles. The van der Waals surface area contributed by atoms with Crippen molar-refractivity contribution in [2.75, 3.05) is 21.3 Å². The van der Waals surface area contributed by atoms with Crippen molar-refractivity contribution in [2.24, 2.45) is 0 Å². The summed E-state index contributed by atoms with van der Waals surface area (Å²) in [7, 11) is 4.71. The molecule has 3 aliphatic rings. The van der Waals surface area contributed by atoms with Crippen LogP contribution >= 0.6 is 0 Å². The molecule has 0 bridgehead atoms. The molecule has 0 amide bonds. The molecule has 13 unspecified atom stereocenters. The molecule has 0 spiro atoms. The van der Waals surface area contributed by atoms with Gasteiger partial charge in [-0.25, -0.2) is 0 Å². The van der Waals surface area contributed by atoms with E-state index in [2.05, 4.69) is 0 Å². The minimum absolute atomic E-state index is 0.0905. The highest BCUT2D eigenvalue weighted by Crippen LogP contribution is 2.33. The van der Waals surface area contributed by atoms with Crippen molar-refractivity contribution in [3.05, 3.63) is 0 Å². The number of methoxy groups -OCH3 is 3. The maximum absolute atomic E-state index is 10.6. The second kappa shape index (κ2) is 11.4. The number of aliphatic hydroxyl groups is 2. The fourth-order valence-corrected chi connectivity index (χ4v) is 4.92. The van der Waals surface area contributed by atoms with Gasteiger partial charge in [0.05, 0.1) is 36.6 Å². The molecule has 3 rings (SSSR count). The van der Waals surface area contributed by atoms with Gasteiger partial charge in [0.25, 0.3) is 0 Å². The summed E-state index contributed by atoms with van der Waals surface area (Å²) >= 11 is 0. The summed E-state index contributed by atoms with van der Waals surface area (Å²) in [6, 6.07) is 0. The largest absolute Gasteiger partial charge is 0.388 e. The van der Waals surface area contributed by atoms with Crippen molar-refractivity contribution >= 4 is 0 Å². The van der Waals surface area contributed by atoms with Gasteiger partial charge in [-0.3, -0.25) is 0 Å². The maximum atomic E-state index is 10.6. The molecule has 32 heavy (non-hydrogen) atoms. The average Bonchev–Trinajstić information content (AvgIpc) is 2.75. The normalized spacial score (nSPS) is 50.3. The van der Waals surface area contributed by atoms with Gasteiger partial charge < -0.3 is 48.1 Å². The van der Waals surface area contributed by atoms with Gasteiger partial charge in [0.1, 0.15) is 30.5 Å². The van der Waals surface area contributed by atoms with Crippen LogP contribution in [0.3, 0.4) is 0 Å². The molecular formula is C22H40O10. The highest BCUT2D eigenvalue weighted by Gasteiger charge is 2.48. The Labute approximate surface area is 190 Å². The van der Waals surface area contributed by atoms with Crippen LogP contribution in [0, 0.1) is 0 Å². The van der Waals surface area contributed by atoms with Gasteiger partial charge in [0.15, 0.2) is 12.6 Å². The lowest BCUT2D eigenvalue weighted by Gasteiger charge is -2.46. The van der Waals surface area contributed by atoms with Gasteiger partial charge in [0, 0.05) is 34.2 Å². The summed E-state index contributed by atoms with van der Waals surface area (Å²) in [6.07, 6.45) is -5.51. The molecule has 0 aromatic rings. The molecule has 188 valence electrons. The van der Waals surface area contributed by atoms with Crippen LogP contribution in [0.1, 0.15) is 40.5 Å². The van der Waals surface area contributed by atoms with Gasteiger partial charge in [-0.1, -0.05) is 0 Å². The molecule has 3 aliphatic heterocycles. The van der Waals surface area contributed by atoms with Crippen LogP contribution in [-0.2, 0) is 37.9 Å². The van der Waals surface area contributed by atoms with Crippen LogP contribution in [0.4, 0.5) is 0 Å². The fraction of sp³-hybridized carbons (Fsp3) is 1.00. The first-order valence-corrected chi connectivity index (χ1v) is 11.4. The van der Waals surface area contributed by atoms with Gasteiger partial charge in [-0.2, -0.15) is 0 Å². The van der Waals surface area contributed by atoms with Crippen molar-refractivity contribution in [1.29, 1.82) is 0 Å². The SMILES string of the molecule is COC1CC(C)OC(C)C1OC1CC(OC)C(OC2OC(C)C(O)C(OC)C2O)C(C)O1. The predicted molar refractivity (Wildman–Crippen MR) is 112 cm³/mol. The lowest BCUT2D eigenvalue weighted by atomic mass is 9.97. The van der Waals surface area contributed by atoms with Gasteiger partial charge in [0.2, 0.25) is 0 Å². The zero-order chi connectivity index (χ0) is 23.6. The van der Waals surface area contributed by atoms with Crippen LogP contribution in [0.25, 0.3) is 0 Å². The standard InChI is InChI=1S/C22H40O10/c1-10-8-14(25-5)19(12(3)28-10)31-16-9-15(26-6)20(13(4)29-16)32-22-18(24)21(27-7)17(23)11(2)30-22/h10-24H,8-9H2,1-7H3. The zero-order valence-electron chi connectivity index (χ0n) is 20.1. The van der Waals surface area contributed by atoms with Gasteiger partial charge in [-0.15, -0.1) is 0 Å². The topological polar surface area (TPSA) is 114 Å². The molecular weight excluding hydrogens is 424 g/mol. The summed E-state index contributed by atoms with van der Waals surface area (Å²) in [5.74, 6) is 0. The van der Waals surface area contributed by atoms with Crippen LogP contribution in [0.2, 0.25) is 0 Å². The van der Waals surface area contributed by atoms with E-state index in [1.807, 2.05) is 20.8 Å². The van der Waals surface area contributed by atoms with Gasteiger partial charge in [-0.05, 0) is 27.7 Å². The summed E-state index contributed by atoms with van der Waals surface area (Å²) in [4.78, 5) is 0. The van der Waals surface area contributed by atoms with Crippen LogP contribution in [-0.4, -0.2) is 111 Å². The number of rotatable bonds is 7. The molecule has 0 radical (unpaired) electrons. The molecule has 0 aromatic heterocycles. The van der Waals surface area contributed by atoms with E-state index in [0.29, 0.717) is 6.42 Å². The van der Waals surface area contributed by atoms with Crippen molar-refractivity contribution in [3.8, 4) is 0 Å². The summed E-state index contributed by atoms with van der Waals surface area (Å²) in [5.41, 5.74) is 0. The Morgan fingerprint density at radius 1 is 0.625 bits per heavy atom. The number of ether oxygens (including phenoxy) is 8. The van der Waals surface area contributed by atoms with E-state index in [-0.39, 0.29) is 30.5 Å². The molecule has 13 atom stereocenters. The minimum Gasteiger partial charge on any atom is -0.388 e. The lowest BCUT2D eigenvalue weighted by Crippen LogP contribution is -2.61. The number of aliphatic hydroxyl groups excluding tert-OH is 2. The van der Waals surface area contributed by atoms with Crippen molar-refractivity contribution in [1.82, 2.24) is 0 Å². The van der Waals surface area contributed by atoms with Crippen LogP contribution in [0.5, 0.6) is 0 Å². The molecule has 3 heterocycles. The van der Waals surface area contributed by atoms with E-state index in [1.165, 1.54) is 7.11 Å². The number of hydrogen-bond acceptors (Lipinski definition) is 10. The summed E-state index contributed by atoms with van der Waals surface area (Å²) in [5, 5.41) is 20.8. The second-order valence-electron chi connectivity index (χ2n) is 9.03. The van der Waals surface area contributed by atoms with Gasteiger partial charge >= 0.3 is 0 Å². The fourth-order valence-electron chi connectivity index (χ4n) is 4.92. The predicted octanol–water partition coefficient (Wildman–Crippen LogP) is 0.601. The molecule has 3 saturated heterocycles. The Bertz CT molecular complexity index is 579. The van der Waals surface area contributed by atoms with E-state index in [0.717, 1.165) is 6.42 Å². The van der Waals surface area contributed by atoms with E-state index in [9.17, 15) is 10.2 Å². The lowest BCUT2D eigenvalue weighted by molar-refractivity contribution is -0.347. The highest BCUT2D eigenvalue weighted by atomic mass is 16.7. The molecule has 10 nitrogen and oxygen atoms in total. The van der Waals surface area contributed by atoms with Crippen LogP contribution < -0.4 is 0 Å². The van der Waals surface area contributed by atoms with Crippen molar-refractivity contribution in [3.63, 3.8) is 0 Å². The summed E-state index contributed by atoms with van der Waals surface area (Å²) < 4.78 is 46.8. The second-order valence-corrected chi connectivity index (χ2v) is 9.03. The smallest absolute Gasteiger partial charge is 0.187 e. The molecule has 2 N–H and O–H groups in total. The quantitative estimate of drug-likeness (QED) is 0.555. The Morgan fingerprint density at radius 2 is 1.22 bits per heavy atom. The van der Waals surface area contributed by atoms with E-state index in [4.69, 9.17) is 37.9 Å². The average molecular weight is 465 g/mol. The Balaban J connectivity index is 1.64. The maximum Gasteiger partial charge on any atom is 0.187 e. The third-order valence-corrected chi connectivity index (χ3v) is 6.72. The Hall–Kier alpha value is -0.400. The number of hydrogen-bond donors (Lipinski definition) is 2. The zero-order valence-corrected chi connectivity index (χ0v) is 20.1. The van der Waals surface area contributed by atoms with E-state index < -0.39 is 49.2 Å². The van der Waals surface area contributed by atoms with E-state index >= 15 is 0 Å². The summed E-state index contributed by atoms with van der Waals surface area (Å²) in [6.45, 7) is 7.57. The molecule has 10 heteroatoms. The minimum atomic E-state index is -1.16.